The Kier molecular flexibility index (Phi) is 5.49. The van der Waals surface area contributed by atoms with Crippen molar-refractivity contribution in [3.05, 3.63) is 29.3 Å². The summed E-state index contributed by atoms with van der Waals surface area (Å²) in [4.78, 5) is 12.5. The number of amides is 1. The molecule has 1 atom stereocenters. The highest BCUT2D eigenvalue weighted by Crippen LogP contribution is 2.61. The van der Waals surface area contributed by atoms with Crippen molar-refractivity contribution in [3.8, 4) is 0 Å². The number of carbonyl (C=O) groups excluding carboxylic acids is 1. The number of rotatable bonds is 7. The summed E-state index contributed by atoms with van der Waals surface area (Å²) in [6.07, 6.45) is 7.97. The van der Waals surface area contributed by atoms with Crippen molar-refractivity contribution in [1.29, 1.82) is 0 Å². The van der Waals surface area contributed by atoms with E-state index in [0.29, 0.717) is 0 Å². The van der Waals surface area contributed by atoms with Gasteiger partial charge in [-0.15, -0.1) is 0 Å². The summed E-state index contributed by atoms with van der Waals surface area (Å²) < 4.78 is 27.2. The Morgan fingerprint density at radius 3 is 2.29 bits per heavy atom. The van der Waals surface area contributed by atoms with Gasteiger partial charge >= 0.3 is 0 Å². The van der Waals surface area contributed by atoms with Gasteiger partial charge in [0.1, 0.15) is 4.90 Å². The molecule has 1 aromatic carbocycles. The number of sulfonamides is 1. The van der Waals surface area contributed by atoms with Crippen molar-refractivity contribution in [2.75, 3.05) is 6.54 Å². The minimum Gasteiger partial charge on any atom is -0.353 e. The van der Waals surface area contributed by atoms with Crippen molar-refractivity contribution >= 4 is 27.5 Å². The first-order valence-corrected chi connectivity index (χ1v) is 12.2. The van der Waals surface area contributed by atoms with Gasteiger partial charge in [-0.1, -0.05) is 23.7 Å². The van der Waals surface area contributed by atoms with Gasteiger partial charge in [0.15, 0.2) is 0 Å². The Bertz CT molecular complexity index is 820. The lowest BCUT2D eigenvalue weighted by atomic mass is 9.48. The predicted molar refractivity (Wildman–Crippen MR) is 109 cm³/mol. The van der Waals surface area contributed by atoms with Crippen LogP contribution in [0.1, 0.15) is 51.9 Å². The number of carbonyl (C=O) groups is 1. The van der Waals surface area contributed by atoms with E-state index in [0.717, 1.165) is 17.8 Å². The standard InChI is InChI=1S/C21H29ClN2O3S/c1-14(21-11-15-8-16(12-21)10-17(9-15)13-21)24-20(25)6-7-23-28(26,27)19-5-3-2-4-18(19)22/h2-5,14-17,23H,6-13H2,1H3,(H,24,25). The zero-order valence-corrected chi connectivity index (χ0v) is 17.9. The predicted octanol–water partition coefficient (Wildman–Crippen LogP) is 3.73. The van der Waals surface area contributed by atoms with E-state index in [9.17, 15) is 13.2 Å². The summed E-state index contributed by atoms with van der Waals surface area (Å²) in [7, 11) is -3.71. The first-order valence-electron chi connectivity index (χ1n) is 10.3. The maximum atomic E-state index is 12.5. The van der Waals surface area contributed by atoms with Crippen molar-refractivity contribution < 1.29 is 13.2 Å². The Labute approximate surface area is 172 Å². The third kappa shape index (κ3) is 3.96. The topological polar surface area (TPSA) is 75.3 Å². The molecule has 5 nitrogen and oxygen atoms in total. The van der Waals surface area contributed by atoms with Gasteiger partial charge in [-0.05, 0) is 80.8 Å². The molecule has 4 aliphatic carbocycles. The molecule has 28 heavy (non-hydrogen) atoms. The van der Waals surface area contributed by atoms with Gasteiger partial charge in [-0.25, -0.2) is 13.1 Å². The molecule has 0 radical (unpaired) electrons. The number of benzene rings is 1. The molecule has 154 valence electrons. The van der Waals surface area contributed by atoms with Crippen LogP contribution in [0, 0.1) is 23.2 Å². The monoisotopic (exact) mass is 424 g/mol. The molecule has 0 spiro atoms. The summed E-state index contributed by atoms with van der Waals surface area (Å²) >= 11 is 5.97. The van der Waals surface area contributed by atoms with E-state index in [2.05, 4.69) is 17.0 Å². The molecule has 0 aliphatic heterocycles. The van der Waals surface area contributed by atoms with Crippen LogP contribution in [0.25, 0.3) is 0 Å². The molecule has 1 aromatic rings. The SMILES string of the molecule is CC(NC(=O)CCNS(=O)(=O)c1ccccc1Cl)C12CC3CC(CC(C3)C1)C2. The van der Waals surface area contributed by atoms with E-state index >= 15 is 0 Å². The van der Waals surface area contributed by atoms with Gasteiger partial charge in [0.05, 0.1) is 5.02 Å². The minimum absolute atomic E-state index is 0.0408. The summed E-state index contributed by atoms with van der Waals surface area (Å²) in [6.45, 7) is 2.20. The number of halogens is 1. The maximum absolute atomic E-state index is 12.5. The molecule has 4 aliphatic rings. The first-order chi connectivity index (χ1) is 13.3. The fraction of sp³-hybridized carbons (Fsp3) is 0.667. The van der Waals surface area contributed by atoms with Crippen molar-refractivity contribution in [2.45, 2.75) is 62.8 Å². The van der Waals surface area contributed by atoms with Crippen LogP contribution < -0.4 is 10.0 Å². The molecule has 4 saturated carbocycles. The maximum Gasteiger partial charge on any atom is 0.242 e. The van der Waals surface area contributed by atoms with Crippen LogP contribution in [0.5, 0.6) is 0 Å². The summed E-state index contributed by atoms with van der Waals surface area (Å²) in [6, 6.07) is 6.45. The summed E-state index contributed by atoms with van der Waals surface area (Å²) in [5.41, 5.74) is 0.251. The molecule has 4 fully saturated rings. The van der Waals surface area contributed by atoms with Gasteiger partial charge in [-0.2, -0.15) is 0 Å². The van der Waals surface area contributed by atoms with Gasteiger partial charge in [-0.3, -0.25) is 4.79 Å². The average molecular weight is 425 g/mol. The Balaban J connectivity index is 1.30. The minimum atomic E-state index is -3.71. The normalized spacial score (nSPS) is 32.3. The lowest BCUT2D eigenvalue weighted by Gasteiger charge is -2.59. The highest BCUT2D eigenvalue weighted by molar-refractivity contribution is 7.89. The van der Waals surface area contributed by atoms with Crippen LogP contribution in [0.4, 0.5) is 0 Å². The van der Waals surface area contributed by atoms with Crippen LogP contribution in [-0.2, 0) is 14.8 Å². The second-order valence-electron chi connectivity index (χ2n) is 9.15. The molecular weight excluding hydrogens is 396 g/mol. The number of hydrogen-bond acceptors (Lipinski definition) is 3. The third-order valence-electron chi connectivity index (χ3n) is 7.15. The fourth-order valence-corrected chi connectivity index (χ4v) is 7.76. The Hall–Kier alpha value is -1.11. The molecule has 7 heteroatoms. The van der Waals surface area contributed by atoms with Crippen molar-refractivity contribution in [3.63, 3.8) is 0 Å². The second kappa shape index (κ2) is 7.62. The van der Waals surface area contributed by atoms with Gasteiger partial charge in [0, 0.05) is 19.0 Å². The third-order valence-corrected chi connectivity index (χ3v) is 9.11. The van der Waals surface area contributed by atoms with E-state index in [1.807, 2.05) is 0 Å². The van der Waals surface area contributed by atoms with Crippen LogP contribution in [-0.4, -0.2) is 26.9 Å². The highest BCUT2D eigenvalue weighted by Gasteiger charge is 2.53. The molecular formula is C21H29ClN2O3S. The number of hydrogen-bond donors (Lipinski definition) is 2. The molecule has 1 amide bonds. The molecule has 1 unspecified atom stereocenters. The molecule has 0 heterocycles. The lowest BCUT2D eigenvalue weighted by molar-refractivity contribution is -0.125. The van der Waals surface area contributed by atoms with E-state index < -0.39 is 10.0 Å². The van der Waals surface area contributed by atoms with Crippen molar-refractivity contribution in [1.82, 2.24) is 10.0 Å². The summed E-state index contributed by atoms with van der Waals surface area (Å²) in [5.74, 6) is 2.43. The zero-order valence-electron chi connectivity index (χ0n) is 16.3. The molecule has 2 N–H and O–H groups in total. The second-order valence-corrected chi connectivity index (χ2v) is 11.3. The van der Waals surface area contributed by atoms with E-state index in [-0.39, 0.29) is 40.2 Å². The van der Waals surface area contributed by atoms with Gasteiger partial charge < -0.3 is 5.32 Å². The van der Waals surface area contributed by atoms with E-state index in [1.54, 1.807) is 12.1 Å². The molecule has 0 aromatic heterocycles. The van der Waals surface area contributed by atoms with Crippen LogP contribution in [0.15, 0.2) is 29.2 Å². The van der Waals surface area contributed by atoms with E-state index in [4.69, 9.17) is 11.6 Å². The van der Waals surface area contributed by atoms with Crippen molar-refractivity contribution in [2.24, 2.45) is 23.2 Å². The average Bonchev–Trinajstić information content (AvgIpc) is 2.60. The first kappa shape index (κ1) is 20.2. The summed E-state index contributed by atoms with van der Waals surface area (Å²) in [5, 5.41) is 3.35. The lowest BCUT2D eigenvalue weighted by Crippen LogP contribution is -2.56. The number of nitrogens with one attached hydrogen (secondary N) is 2. The smallest absolute Gasteiger partial charge is 0.242 e. The molecule has 5 rings (SSSR count). The quantitative estimate of drug-likeness (QED) is 0.700. The molecule has 4 bridgehead atoms. The van der Waals surface area contributed by atoms with E-state index in [1.165, 1.54) is 50.7 Å². The van der Waals surface area contributed by atoms with Crippen LogP contribution in [0.3, 0.4) is 0 Å². The Morgan fingerprint density at radius 2 is 1.71 bits per heavy atom. The fourth-order valence-electron chi connectivity index (χ4n) is 6.21. The zero-order chi connectivity index (χ0) is 19.9. The van der Waals surface area contributed by atoms with Gasteiger partial charge in [0.25, 0.3) is 0 Å². The highest BCUT2D eigenvalue weighted by atomic mass is 35.5. The van der Waals surface area contributed by atoms with Gasteiger partial charge in [0.2, 0.25) is 15.9 Å². The van der Waals surface area contributed by atoms with Crippen LogP contribution >= 0.6 is 11.6 Å². The Morgan fingerprint density at radius 1 is 1.14 bits per heavy atom. The largest absolute Gasteiger partial charge is 0.353 e. The van der Waals surface area contributed by atoms with Crippen LogP contribution in [0.2, 0.25) is 5.02 Å². The molecule has 0 saturated heterocycles.